The third kappa shape index (κ3) is 4.04. The molecule has 27 heavy (non-hydrogen) atoms. The van der Waals surface area contributed by atoms with Gasteiger partial charge in [0.15, 0.2) is 16.6 Å². The molecule has 0 aliphatic carbocycles. The third-order valence-corrected chi connectivity index (χ3v) is 5.40. The van der Waals surface area contributed by atoms with Gasteiger partial charge in [0.1, 0.15) is 12.7 Å². The molecule has 0 spiro atoms. The first-order valence-corrected chi connectivity index (χ1v) is 9.55. The average molecular weight is 388 g/mol. The Hall–Kier alpha value is -2.65. The molecule has 2 aliphatic rings. The SMILES string of the molecule is CN1CCc2nc(NC(=O)C(=O)NCC3COc4ccccc4O3)sc2C1. The van der Waals surface area contributed by atoms with Crippen molar-refractivity contribution >= 4 is 28.3 Å². The molecule has 0 bridgehead atoms. The van der Waals surface area contributed by atoms with Gasteiger partial charge in [-0.3, -0.25) is 14.9 Å². The van der Waals surface area contributed by atoms with E-state index in [0.29, 0.717) is 23.2 Å². The van der Waals surface area contributed by atoms with Crippen LogP contribution in [0.1, 0.15) is 10.6 Å². The lowest BCUT2D eigenvalue weighted by atomic mass is 10.2. The van der Waals surface area contributed by atoms with E-state index < -0.39 is 11.8 Å². The Morgan fingerprint density at radius 2 is 2.11 bits per heavy atom. The molecule has 2 N–H and O–H groups in total. The third-order valence-electron chi connectivity index (χ3n) is 4.41. The summed E-state index contributed by atoms with van der Waals surface area (Å²) in [4.78, 5) is 31.9. The van der Waals surface area contributed by atoms with E-state index in [0.717, 1.165) is 30.1 Å². The predicted octanol–water partition coefficient (Wildman–Crippen LogP) is 1.03. The van der Waals surface area contributed by atoms with Crippen LogP contribution in [0.3, 0.4) is 0 Å². The van der Waals surface area contributed by atoms with Crippen LogP contribution in [-0.2, 0) is 22.6 Å². The quantitative estimate of drug-likeness (QED) is 0.763. The first-order chi connectivity index (χ1) is 13.1. The van der Waals surface area contributed by atoms with E-state index in [1.165, 1.54) is 11.3 Å². The van der Waals surface area contributed by atoms with Crippen LogP contribution in [0.2, 0.25) is 0 Å². The van der Waals surface area contributed by atoms with Crippen LogP contribution in [0.5, 0.6) is 11.5 Å². The zero-order valence-electron chi connectivity index (χ0n) is 14.9. The van der Waals surface area contributed by atoms with E-state index in [1.807, 2.05) is 25.2 Å². The van der Waals surface area contributed by atoms with Crippen LogP contribution in [0.15, 0.2) is 24.3 Å². The van der Waals surface area contributed by atoms with Gasteiger partial charge in [0, 0.05) is 24.4 Å². The highest BCUT2D eigenvalue weighted by Gasteiger charge is 2.24. The number of carbonyl (C=O) groups excluding carboxylic acids is 2. The Balaban J connectivity index is 1.28. The highest BCUT2D eigenvalue weighted by Crippen LogP contribution is 2.30. The van der Waals surface area contributed by atoms with E-state index in [4.69, 9.17) is 9.47 Å². The number of anilines is 1. The number of thiazole rings is 1. The van der Waals surface area contributed by atoms with Crippen LogP contribution in [0.25, 0.3) is 0 Å². The summed E-state index contributed by atoms with van der Waals surface area (Å²) in [5.41, 5.74) is 1.00. The van der Waals surface area contributed by atoms with Gasteiger partial charge in [-0.05, 0) is 19.2 Å². The van der Waals surface area contributed by atoms with Crippen LogP contribution in [-0.4, -0.2) is 54.5 Å². The zero-order valence-corrected chi connectivity index (χ0v) is 15.7. The zero-order chi connectivity index (χ0) is 18.8. The van der Waals surface area contributed by atoms with Gasteiger partial charge < -0.3 is 19.7 Å². The van der Waals surface area contributed by atoms with E-state index in [9.17, 15) is 9.59 Å². The molecule has 0 saturated carbocycles. The second-order valence-electron chi connectivity index (χ2n) is 6.54. The summed E-state index contributed by atoms with van der Waals surface area (Å²) in [5, 5.41) is 5.63. The molecule has 4 rings (SSSR count). The molecule has 8 nitrogen and oxygen atoms in total. The standard InChI is InChI=1S/C18H20N4O4S/c1-22-7-6-12-15(9-22)27-18(20-12)21-17(24)16(23)19-8-11-10-25-13-4-2-3-5-14(13)26-11/h2-5,11H,6-10H2,1H3,(H,19,23)(H,20,21,24). The average Bonchev–Trinajstić information content (AvgIpc) is 3.07. The van der Waals surface area contributed by atoms with Crippen molar-refractivity contribution < 1.29 is 19.1 Å². The molecule has 1 aromatic carbocycles. The van der Waals surface area contributed by atoms with Crippen molar-refractivity contribution in [3.63, 3.8) is 0 Å². The minimum atomic E-state index is -0.730. The fraction of sp³-hybridized carbons (Fsp3) is 0.389. The molecule has 0 fully saturated rings. The van der Waals surface area contributed by atoms with Gasteiger partial charge >= 0.3 is 11.8 Å². The van der Waals surface area contributed by atoms with Gasteiger partial charge in [-0.25, -0.2) is 4.98 Å². The van der Waals surface area contributed by atoms with Crippen molar-refractivity contribution in [3.05, 3.63) is 34.8 Å². The van der Waals surface area contributed by atoms with E-state index in [1.54, 1.807) is 6.07 Å². The summed E-state index contributed by atoms with van der Waals surface area (Å²) >= 11 is 1.41. The first-order valence-electron chi connectivity index (χ1n) is 8.73. The van der Waals surface area contributed by atoms with Crippen molar-refractivity contribution in [2.24, 2.45) is 0 Å². The molecule has 2 aliphatic heterocycles. The number of ether oxygens (including phenoxy) is 2. The summed E-state index contributed by atoms with van der Waals surface area (Å²) < 4.78 is 11.3. The fourth-order valence-electron chi connectivity index (χ4n) is 2.98. The Morgan fingerprint density at radius 1 is 1.30 bits per heavy atom. The van der Waals surface area contributed by atoms with Crippen LogP contribution >= 0.6 is 11.3 Å². The number of benzene rings is 1. The molecule has 1 atom stereocenters. The second-order valence-corrected chi connectivity index (χ2v) is 7.62. The van der Waals surface area contributed by atoms with Gasteiger partial charge in [-0.1, -0.05) is 12.1 Å². The number of fused-ring (bicyclic) bond motifs is 2. The maximum Gasteiger partial charge on any atom is 0.315 e. The number of amides is 2. The van der Waals surface area contributed by atoms with E-state index in [2.05, 4.69) is 20.5 Å². The largest absolute Gasteiger partial charge is 0.486 e. The van der Waals surface area contributed by atoms with Gasteiger partial charge in [0.05, 0.1) is 12.2 Å². The number of nitrogens with zero attached hydrogens (tertiary/aromatic N) is 2. The van der Waals surface area contributed by atoms with Gasteiger partial charge in [-0.2, -0.15) is 0 Å². The predicted molar refractivity (Wildman–Crippen MR) is 100 cm³/mol. The molecule has 2 aromatic rings. The number of para-hydroxylation sites is 2. The molecule has 3 heterocycles. The topological polar surface area (TPSA) is 92.8 Å². The number of nitrogens with one attached hydrogen (secondary N) is 2. The Kier molecular flexibility index (Phi) is 4.95. The minimum Gasteiger partial charge on any atom is -0.486 e. The minimum absolute atomic E-state index is 0.180. The number of likely N-dealkylation sites (N-methyl/N-ethyl adjacent to an activating group) is 1. The molecular weight excluding hydrogens is 368 g/mol. The monoisotopic (exact) mass is 388 g/mol. The lowest BCUT2D eigenvalue weighted by molar-refractivity contribution is -0.136. The van der Waals surface area contributed by atoms with Crippen LogP contribution in [0.4, 0.5) is 5.13 Å². The van der Waals surface area contributed by atoms with Gasteiger partial charge in [0.2, 0.25) is 0 Å². The molecule has 9 heteroatoms. The molecule has 0 radical (unpaired) electrons. The molecule has 2 amide bonds. The molecule has 0 saturated heterocycles. The number of rotatable bonds is 3. The number of hydrogen-bond donors (Lipinski definition) is 2. The summed E-state index contributed by atoms with van der Waals surface area (Å²) in [5.74, 6) is -0.142. The fourth-order valence-corrected chi connectivity index (χ4v) is 4.06. The van der Waals surface area contributed by atoms with Crippen molar-refractivity contribution in [1.29, 1.82) is 0 Å². The van der Waals surface area contributed by atoms with Crippen molar-refractivity contribution in [2.75, 3.05) is 32.1 Å². The number of hydrogen-bond acceptors (Lipinski definition) is 7. The van der Waals surface area contributed by atoms with Gasteiger partial charge in [0.25, 0.3) is 0 Å². The number of carbonyl (C=O) groups is 2. The van der Waals surface area contributed by atoms with Crippen LogP contribution in [0, 0.1) is 0 Å². The summed E-state index contributed by atoms with van der Waals surface area (Å²) in [6.07, 6.45) is 0.504. The molecule has 1 aromatic heterocycles. The lowest BCUT2D eigenvalue weighted by Gasteiger charge is -2.26. The molecular formula is C18H20N4O4S. The maximum absolute atomic E-state index is 12.1. The second kappa shape index (κ2) is 7.53. The van der Waals surface area contributed by atoms with Crippen molar-refractivity contribution in [1.82, 2.24) is 15.2 Å². The molecule has 1 unspecified atom stereocenters. The molecule has 142 valence electrons. The van der Waals surface area contributed by atoms with Crippen molar-refractivity contribution in [3.8, 4) is 11.5 Å². The van der Waals surface area contributed by atoms with Gasteiger partial charge in [-0.15, -0.1) is 11.3 Å². The highest BCUT2D eigenvalue weighted by atomic mass is 32.1. The maximum atomic E-state index is 12.1. The summed E-state index contributed by atoms with van der Waals surface area (Å²) in [6, 6.07) is 7.34. The first kappa shape index (κ1) is 17.7. The number of aromatic nitrogens is 1. The summed E-state index contributed by atoms with van der Waals surface area (Å²) in [6.45, 7) is 2.25. The normalized spacial score (nSPS) is 18.5. The Labute approximate surface area is 160 Å². The Morgan fingerprint density at radius 3 is 2.96 bits per heavy atom. The summed E-state index contributed by atoms with van der Waals surface area (Å²) in [7, 11) is 2.05. The lowest BCUT2D eigenvalue weighted by Crippen LogP contribution is -2.44. The van der Waals surface area contributed by atoms with E-state index >= 15 is 0 Å². The Bertz CT molecular complexity index is 869. The van der Waals surface area contributed by atoms with Crippen molar-refractivity contribution in [2.45, 2.75) is 19.1 Å². The smallest absolute Gasteiger partial charge is 0.315 e. The highest BCUT2D eigenvalue weighted by molar-refractivity contribution is 7.16. The van der Waals surface area contributed by atoms with Crippen LogP contribution < -0.4 is 20.1 Å². The van der Waals surface area contributed by atoms with E-state index in [-0.39, 0.29) is 12.6 Å².